The third-order valence-electron chi connectivity index (χ3n) is 4.38. The molecule has 0 aliphatic carbocycles. The lowest BCUT2D eigenvalue weighted by molar-refractivity contribution is -0.115. The van der Waals surface area contributed by atoms with Crippen LogP contribution in [0.25, 0.3) is 0 Å². The van der Waals surface area contributed by atoms with E-state index in [2.05, 4.69) is 20.9 Å². The number of ether oxygens (including phenoxy) is 2. The number of hydrogen-bond donors (Lipinski definition) is 0. The van der Waals surface area contributed by atoms with Crippen LogP contribution in [0.2, 0.25) is 0 Å². The lowest BCUT2D eigenvalue weighted by Crippen LogP contribution is -2.23. The lowest BCUT2D eigenvalue weighted by Gasteiger charge is -2.20. The van der Waals surface area contributed by atoms with E-state index in [4.69, 9.17) is 9.47 Å². The van der Waals surface area contributed by atoms with E-state index in [1.807, 2.05) is 32.0 Å². The van der Waals surface area contributed by atoms with Gasteiger partial charge in [-0.1, -0.05) is 17.7 Å². The maximum atomic E-state index is 12.5. The van der Waals surface area contributed by atoms with Crippen molar-refractivity contribution < 1.29 is 19.1 Å². The molecule has 0 aliphatic rings. The normalized spacial score (nSPS) is 10.6. The molecule has 0 spiro atoms. The molecule has 6 nitrogen and oxygen atoms in total. The van der Waals surface area contributed by atoms with Crippen LogP contribution in [-0.2, 0) is 16.1 Å². The first-order chi connectivity index (χ1) is 14.3. The van der Waals surface area contributed by atoms with Crippen LogP contribution in [0.4, 0.5) is 10.8 Å². The van der Waals surface area contributed by atoms with Crippen LogP contribution in [0.5, 0.6) is 5.75 Å². The second kappa shape index (κ2) is 9.40. The molecule has 1 amide bonds. The number of hydrogen-bond acceptors (Lipinski definition) is 6. The van der Waals surface area contributed by atoms with Crippen molar-refractivity contribution in [2.45, 2.75) is 27.4 Å². The van der Waals surface area contributed by atoms with E-state index in [0.29, 0.717) is 26.6 Å². The van der Waals surface area contributed by atoms with Crippen molar-refractivity contribution >= 4 is 50.0 Å². The third-order valence-corrected chi connectivity index (χ3v) is 5.95. The number of aromatic nitrogens is 1. The number of carbonyl (C=O) groups is 2. The quantitative estimate of drug-likeness (QED) is 0.424. The van der Waals surface area contributed by atoms with Crippen molar-refractivity contribution in [1.82, 2.24) is 4.98 Å². The average molecular weight is 489 g/mol. The molecule has 0 aliphatic heterocycles. The number of aryl methyl sites for hydroxylation is 2. The predicted octanol–water partition coefficient (Wildman–Crippen LogP) is 5.57. The molecule has 3 aromatic rings. The number of amides is 1. The fourth-order valence-corrected chi connectivity index (χ4v) is 4.21. The van der Waals surface area contributed by atoms with E-state index < -0.39 is 5.97 Å². The van der Waals surface area contributed by atoms with E-state index in [9.17, 15) is 9.59 Å². The molecule has 0 atom stereocenters. The smallest absolute Gasteiger partial charge is 0.339 e. The minimum atomic E-state index is -0.492. The number of methoxy groups -OCH3 is 1. The van der Waals surface area contributed by atoms with Crippen LogP contribution in [0.3, 0.4) is 0 Å². The van der Waals surface area contributed by atoms with Gasteiger partial charge in [-0.05, 0) is 59.6 Å². The summed E-state index contributed by atoms with van der Waals surface area (Å²) in [7, 11) is 1.53. The van der Waals surface area contributed by atoms with Gasteiger partial charge in [0.2, 0.25) is 5.91 Å². The minimum absolute atomic E-state index is 0.00237. The number of carbonyl (C=O) groups excluding carboxylic acids is 2. The topological polar surface area (TPSA) is 68.7 Å². The second-order valence-electron chi connectivity index (χ2n) is 6.69. The first kappa shape index (κ1) is 22.0. The number of benzene rings is 2. The Morgan fingerprint density at radius 3 is 2.60 bits per heavy atom. The number of esters is 1. The first-order valence-corrected chi connectivity index (χ1v) is 10.8. The summed E-state index contributed by atoms with van der Waals surface area (Å²) in [6.07, 6.45) is 0. The average Bonchev–Trinajstić information content (AvgIpc) is 3.16. The Kier molecular flexibility index (Phi) is 6.89. The molecule has 0 saturated carbocycles. The first-order valence-electron chi connectivity index (χ1n) is 9.13. The number of rotatable bonds is 6. The number of anilines is 2. The van der Waals surface area contributed by atoms with Gasteiger partial charge in [0.05, 0.1) is 24.1 Å². The summed E-state index contributed by atoms with van der Waals surface area (Å²) in [4.78, 5) is 30.9. The Hall–Kier alpha value is -2.71. The van der Waals surface area contributed by atoms with Gasteiger partial charge in [0.15, 0.2) is 5.13 Å². The summed E-state index contributed by atoms with van der Waals surface area (Å²) in [5.41, 5.74) is 3.82. The zero-order chi connectivity index (χ0) is 21.8. The van der Waals surface area contributed by atoms with Crippen LogP contribution in [0, 0.1) is 13.8 Å². The monoisotopic (exact) mass is 488 g/mol. The Labute approximate surface area is 187 Å². The van der Waals surface area contributed by atoms with Crippen LogP contribution in [0.15, 0.2) is 46.3 Å². The van der Waals surface area contributed by atoms with Crippen molar-refractivity contribution in [3.05, 3.63) is 68.6 Å². The van der Waals surface area contributed by atoms with Gasteiger partial charge in [-0.3, -0.25) is 9.69 Å². The van der Waals surface area contributed by atoms with Crippen LogP contribution in [-0.4, -0.2) is 24.0 Å². The summed E-state index contributed by atoms with van der Waals surface area (Å²) in [6, 6.07) is 11.0. The van der Waals surface area contributed by atoms with E-state index >= 15 is 0 Å². The zero-order valence-corrected chi connectivity index (χ0v) is 19.5. The number of nitrogens with zero attached hydrogens (tertiary/aromatic N) is 2. The SMILES string of the molecule is COc1ccc(Br)c(C(=O)OCc2csc(N(C(C)=O)c3ccc(C)cc3C)n2)c1. The molecule has 1 heterocycles. The largest absolute Gasteiger partial charge is 0.497 e. The summed E-state index contributed by atoms with van der Waals surface area (Å²) in [5.74, 6) is -0.0695. The van der Waals surface area contributed by atoms with Crippen LogP contribution >= 0.6 is 27.3 Å². The van der Waals surface area contributed by atoms with E-state index in [0.717, 1.165) is 16.8 Å². The molecule has 0 unspecified atom stereocenters. The highest BCUT2D eigenvalue weighted by Crippen LogP contribution is 2.32. The molecule has 30 heavy (non-hydrogen) atoms. The summed E-state index contributed by atoms with van der Waals surface area (Å²) in [6.45, 7) is 5.46. The van der Waals surface area contributed by atoms with Gasteiger partial charge in [-0.2, -0.15) is 0 Å². The maximum Gasteiger partial charge on any atom is 0.339 e. The molecule has 3 rings (SSSR count). The number of halogens is 1. The van der Waals surface area contributed by atoms with Gasteiger partial charge in [0.25, 0.3) is 0 Å². The van der Waals surface area contributed by atoms with Crippen molar-refractivity contribution in [2.24, 2.45) is 0 Å². The van der Waals surface area contributed by atoms with E-state index in [1.165, 1.54) is 25.4 Å². The van der Waals surface area contributed by atoms with Crippen molar-refractivity contribution in [1.29, 1.82) is 0 Å². The molecule has 0 bridgehead atoms. The van der Waals surface area contributed by atoms with Crippen LogP contribution < -0.4 is 9.64 Å². The molecule has 0 saturated heterocycles. The summed E-state index contributed by atoms with van der Waals surface area (Å²) in [5, 5.41) is 2.31. The van der Waals surface area contributed by atoms with Gasteiger partial charge in [0, 0.05) is 16.8 Å². The fourth-order valence-electron chi connectivity index (χ4n) is 2.93. The molecule has 0 N–H and O–H groups in total. The molecule has 156 valence electrons. The van der Waals surface area contributed by atoms with Crippen LogP contribution in [0.1, 0.15) is 34.1 Å². The van der Waals surface area contributed by atoms with Gasteiger partial charge in [0.1, 0.15) is 12.4 Å². The van der Waals surface area contributed by atoms with Gasteiger partial charge in [-0.15, -0.1) is 11.3 Å². The Morgan fingerprint density at radius 2 is 1.93 bits per heavy atom. The maximum absolute atomic E-state index is 12.5. The predicted molar refractivity (Wildman–Crippen MR) is 121 cm³/mol. The second-order valence-corrected chi connectivity index (χ2v) is 8.38. The van der Waals surface area contributed by atoms with Crippen molar-refractivity contribution in [3.63, 3.8) is 0 Å². The molecule has 1 aromatic heterocycles. The third kappa shape index (κ3) is 4.88. The zero-order valence-electron chi connectivity index (χ0n) is 17.1. The lowest BCUT2D eigenvalue weighted by atomic mass is 10.1. The Balaban J connectivity index is 1.77. The fraction of sp³-hybridized carbons (Fsp3) is 0.227. The highest BCUT2D eigenvalue weighted by molar-refractivity contribution is 9.10. The minimum Gasteiger partial charge on any atom is -0.497 e. The highest BCUT2D eigenvalue weighted by atomic mass is 79.9. The molecule has 8 heteroatoms. The van der Waals surface area contributed by atoms with Crippen molar-refractivity contribution in [2.75, 3.05) is 12.0 Å². The van der Waals surface area contributed by atoms with E-state index in [-0.39, 0.29) is 12.5 Å². The highest BCUT2D eigenvalue weighted by Gasteiger charge is 2.20. The van der Waals surface area contributed by atoms with Gasteiger partial charge in [-0.25, -0.2) is 9.78 Å². The molecule has 2 aromatic carbocycles. The van der Waals surface area contributed by atoms with Gasteiger partial charge >= 0.3 is 5.97 Å². The molecular formula is C22H21BrN2O4S. The molecule has 0 fully saturated rings. The Bertz CT molecular complexity index is 1100. The summed E-state index contributed by atoms with van der Waals surface area (Å²) >= 11 is 4.67. The van der Waals surface area contributed by atoms with Crippen molar-refractivity contribution in [3.8, 4) is 5.75 Å². The molecular weight excluding hydrogens is 468 g/mol. The van der Waals surface area contributed by atoms with E-state index in [1.54, 1.807) is 28.5 Å². The van der Waals surface area contributed by atoms with Gasteiger partial charge < -0.3 is 9.47 Å². The standard InChI is InChI=1S/C22H21BrN2O4S/c1-13-5-8-20(14(2)9-13)25(15(3)26)22-24-16(12-30-22)11-29-21(27)18-10-17(28-4)6-7-19(18)23/h5-10,12H,11H2,1-4H3. The number of thiazole rings is 1. The Morgan fingerprint density at radius 1 is 1.17 bits per heavy atom. The molecule has 0 radical (unpaired) electrons. The summed E-state index contributed by atoms with van der Waals surface area (Å²) < 4.78 is 11.2.